The van der Waals surface area contributed by atoms with Crippen LogP contribution in [-0.2, 0) is 0 Å². The molecule has 2 rings (SSSR count). The number of aromatic nitrogens is 4. The summed E-state index contributed by atoms with van der Waals surface area (Å²) in [5.41, 5.74) is 0.806. The Morgan fingerprint density at radius 3 is 2.26 bits per heavy atom. The number of aliphatic hydroxyl groups is 1. The van der Waals surface area contributed by atoms with Crippen molar-refractivity contribution in [2.45, 2.75) is 0 Å². The van der Waals surface area contributed by atoms with Crippen LogP contribution in [0, 0.1) is 0 Å². The molecule has 8 heteroatoms. The molecule has 0 aliphatic carbocycles. The number of methoxy groups -OCH3 is 1. The Bertz CT molecular complexity index is 502. The molecule has 0 bridgehead atoms. The molecule has 1 aromatic carbocycles. The van der Waals surface area contributed by atoms with E-state index in [0.717, 1.165) is 11.4 Å². The number of hydrogen-bond donors (Lipinski definition) is 3. The van der Waals surface area contributed by atoms with E-state index in [9.17, 15) is 0 Å². The SMILES string of the molecule is COc1ccc(Nc2nnc(NCCO)nn2)cc1. The van der Waals surface area contributed by atoms with Gasteiger partial charge in [-0.25, -0.2) is 0 Å². The minimum atomic E-state index is -0.00475. The zero-order chi connectivity index (χ0) is 13.5. The Morgan fingerprint density at radius 2 is 1.68 bits per heavy atom. The van der Waals surface area contributed by atoms with Crippen molar-refractivity contribution in [3.05, 3.63) is 24.3 Å². The van der Waals surface area contributed by atoms with Crippen LogP contribution in [0.2, 0.25) is 0 Å². The molecule has 1 aromatic heterocycles. The highest BCUT2D eigenvalue weighted by molar-refractivity contribution is 5.53. The Hall–Kier alpha value is -2.48. The molecule has 8 nitrogen and oxygen atoms in total. The quantitative estimate of drug-likeness (QED) is 0.688. The Kier molecular flexibility index (Phi) is 4.40. The maximum absolute atomic E-state index is 8.64. The van der Waals surface area contributed by atoms with Crippen LogP contribution in [0.25, 0.3) is 0 Å². The van der Waals surface area contributed by atoms with Gasteiger partial charge in [0.1, 0.15) is 5.75 Å². The maximum Gasteiger partial charge on any atom is 0.266 e. The summed E-state index contributed by atoms with van der Waals surface area (Å²) in [5.74, 6) is 1.33. The largest absolute Gasteiger partial charge is 0.497 e. The molecule has 0 spiro atoms. The molecule has 19 heavy (non-hydrogen) atoms. The van der Waals surface area contributed by atoms with Gasteiger partial charge in [0.25, 0.3) is 11.9 Å². The van der Waals surface area contributed by atoms with Crippen molar-refractivity contribution in [3.63, 3.8) is 0 Å². The third-order valence-corrected chi connectivity index (χ3v) is 2.22. The lowest BCUT2D eigenvalue weighted by Gasteiger charge is -2.05. The fourth-order valence-corrected chi connectivity index (χ4v) is 1.32. The number of rotatable bonds is 6. The van der Waals surface area contributed by atoms with Crippen LogP contribution in [0.4, 0.5) is 17.6 Å². The number of aliphatic hydroxyl groups excluding tert-OH is 1. The van der Waals surface area contributed by atoms with Crippen molar-refractivity contribution in [1.82, 2.24) is 20.4 Å². The first-order chi connectivity index (χ1) is 9.31. The molecule has 0 aliphatic heterocycles. The average molecular weight is 262 g/mol. The van der Waals surface area contributed by atoms with Gasteiger partial charge in [-0.2, -0.15) is 0 Å². The summed E-state index contributed by atoms with van der Waals surface area (Å²) < 4.78 is 5.06. The molecule has 0 amide bonds. The predicted octanol–water partition coefficient (Wildman–Crippen LogP) is 0.423. The molecule has 0 saturated carbocycles. The van der Waals surface area contributed by atoms with Crippen LogP contribution in [-0.4, -0.2) is 45.8 Å². The van der Waals surface area contributed by atoms with Crippen molar-refractivity contribution in [1.29, 1.82) is 0 Å². The van der Waals surface area contributed by atoms with Gasteiger partial charge in [-0.1, -0.05) is 0 Å². The number of nitrogens with one attached hydrogen (secondary N) is 2. The number of ether oxygens (including phenoxy) is 1. The molecular formula is C11H14N6O2. The number of nitrogens with zero attached hydrogens (tertiary/aromatic N) is 4. The topological polar surface area (TPSA) is 105 Å². The first-order valence-corrected chi connectivity index (χ1v) is 5.65. The van der Waals surface area contributed by atoms with E-state index in [0.29, 0.717) is 12.5 Å². The fraction of sp³-hybridized carbons (Fsp3) is 0.273. The van der Waals surface area contributed by atoms with Crippen LogP contribution in [0.15, 0.2) is 24.3 Å². The summed E-state index contributed by atoms with van der Waals surface area (Å²) in [5, 5.41) is 29.7. The summed E-state index contributed by atoms with van der Waals surface area (Å²) >= 11 is 0. The van der Waals surface area contributed by atoms with E-state index in [1.54, 1.807) is 7.11 Å². The summed E-state index contributed by atoms with van der Waals surface area (Å²) in [6.07, 6.45) is 0. The summed E-state index contributed by atoms with van der Waals surface area (Å²) in [7, 11) is 1.61. The van der Waals surface area contributed by atoms with Gasteiger partial charge in [0.15, 0.2) is 0 Å². The van der Waals surface area contributed by atoms with E-state index >= 15 is 0 Å². The van der Waals surface area contributed by atoms with Crippen LogP contribution >= 0.6 is 0 Å². The van der Waals surface area contributed by atoms with Crippen LogP contribution in [0.5, 0.6) is 5.75 Å². The second-order valence-electron chi connectivity index (χ2n) is 3.55. The monoisotopic (exact) mass is 262 g/mol. The maximum atomic E-state index is 8.64. The summed E-state index contributed by atoms with van der Waals surface area (Å²) in [6, 6.07) is 7.31. The third kappa shape index (κ3) is 3.75. The zero-order valence-corrected chi connectivity index (χ0v) is 10.4. The smallest absolute Gasteiger partial charge is 0.266 e. The van der Waals surface area contributed by atoms with E-state index in [1.807, 2.05) is 24.3 Å². The second kappa shape index (κ2) is 6.45. The van der Waals surface area contributed by atoms with Crippen LogP contribution in [0.1, 0.15) is 0 Å². The fourth-order valence-electron chi connectivity index (χ4n) is 1.32. The molecule has 2 aromatic rings. The second-order valence-corrected chi connectivity index (χ2v) is 3.55. The molecule has 0 radical (unpaired) electrons. The van der Waals surface area contributed by atoms with Gasteiger partial charge in [-0.05, 0) is 24.3 Å². The Morgan fingerprint density at radius 1 is 1.05 bits per heavy atom. The molecule has 0 fully saturated rings. The van der Waals surface area contributed by atoms with E-state index in [4.69, 9.17) is 9.84 Å². The molecule has 0 aliphatic rings. The van der Waals surface area contributed by atoms with Gasteiger partial charge in [0, 0.05) is 12.2 Å². The normalized spacial score (nSPS) is 10.0. The van der Waals surface area contributed by atoms with Crippen molar-refractivity contribution < 1.29 is 9.84 Å². The van der Waals surface area contributed by atoms with Gasteiger partial charge >= 0.3 is 0 Å². The summed E-state index contributed by atoms with van der Waals surface area (Å²) in [4.78, 5) is 0. The lowest BCUT2D eigenvalue weighted by Crippen LogP contribution is -2.11. The van der Waals surface area contributed by atoms with E-state index in [1.165, 1.54) is 0 Å². The van der Waals surface area contributed by atoms with E-state index in [-0.39, 0.29) is 12.6 Å². The number of hydrogen-bond acceptors (Lipinski definition) is 8. The highest BCUT2D eigenvalue weighted by atomic mass is 16.5. The molecule has 0 saturated heterocycles. The Labute approximate surface area is 109 Å². The molecule has 0 unspecified atom stereocenters. The molecular weight excluding hydrogens is 248 g/mol. The van der Waals surface area contributed by atoms with E-state index in [2.05, 4.69) is 31.0 Å². The van der Waals surface area contributed by atoms with Crippen LogP contribution in [0.3, 0.4) is 0 Å². The van der Waals surface area contributed by atoms with Gasteiger partial charge < -0.3 is 20.5 Å². The van der Waals surface area contributed by atoms with Crippen LogP contribution < -0.4 is 15.4 Å². The lowest BCUT2D eigenvalue weighted by atomic mass is 10.3. The molecule has 3 N–H and O–H groups in total. The molecule has 1 heterocycles. The zero-order valence-electron chi connectivity index (χ0n) is 10.4. The van der Waals surface area contributed by atoms with Gasteiger partial charge in [0.05, 0.1) is 13.7 Å². The van der Waals surface area contributed by atoms with Gasteiger partial charge in [0.2, 0.25) is 0 Å². The van der Waals surface area contributed by atoms with Crippen molar-refractivity contribution in [2.75, 3.05) is 30.9 Å². The minimum Gasteiger partial charge on any atom is -0.497 e. The van der Waals surface area contributed by atoms with Gasteiger partial charge in [-0.3, -0.25) is 0 Å². The standard InChI is InChI=1S/C11H14N6O2/c1-19-9-4-2-8(3-5-9)13-11-16-14-10(15-17-11)12-6-7-18/h2-5,18H,6-7H2,1H3,(H,12,14,15)(H,13,16,17). The van der Waals surface area contributed by atoms with E-state index < -0.39 is 0 Å². The third-order valence-electron chi connectivity index (χ3n) is 2.22. The number of anilines is 3. The average Bonchev–Trinajstić information content (AvgIpc) is 2.47. The highest BCUT2D eigenvalue weighted by Gasteiger charge is 2.01. The number of benzene rings is 1. The Balaban J connectivity index is 1.98. The summed E-state index contributed by atoms with van der Waals surface area (Å²) in [6.45, 7) is 0.351. The molecule has 100 valence electrons. The minimum absolute atomic E-state index is 0.00475. The first kappa shape index (κ1) is 13.0. The van der Waals surface area contributed by atoms with Crippen molar-refractivity contribution in [2.24, 2.45) is 0 Å². The van der Waals surface area contributed by atoms with Gasteiger partial charge in [-0.15, -0.1) is 20.4 Å². The molecule has 0 atom stereocenters. The predicted molar refractivity (Wildman–Crippen MR) is 69.5 cm³/mol. The highest BCUT2D eigenvalue weighted by Crippen LogP contribution is 2.17. The van der Waals surface area contributed by atoms with Crippen molar-refractivity contribution in [3.8, 4) is 5.75 Å². The van der Waals surface area contributed by atoms with Crippen molar-refractivity contribution >= 4 is 17.6 Å². The lowest BCUT2D eigenvalue weighted by molar-refractivity contribution is 0.310. The first-order valence-electron chi connectivity index (χ1n) is 5.65.